The van der Waals surface area contributed by atoms with E-state index in [-0.39, 0.29) is 23.1 Å². The number of hydrogen-bond acceptors (Lipinski definition) is 7. The molecule has 1 N–H and O–H groups in total. The fourth-order valence-electron chi connectivity index (χ4n) is 1.82. The molecule has 0 aliphatic carbocycles. The summed E-state index contributed by atoms with van der Waals surface area (Å²) in [5, 5.41) is 5.28. The zero-order chi connectivity index (χ0) is 13.2. The first-order valence-corrected chi connectivity index (χ1v) is 8.18. The zero-order valence-electron chi connectivity index (χ0n) is 9.88. The fraction of sp³-hybridized carbons (Fsp3) is 0.600. The van der Waals surface area contributed by atoms with Crippen LogP contribution in [0.3, 0.4) is 0 Å². The van der Waals surface area contributed by atoms with E-state index in [1.54, 1.807) is 5.38 Å². The van der Waals surface area contributed by atoms with Crippen LogP contribution in [0.15, 0.2) is 5.38 Å². The van der Waals surface area contributed by atoms with Crippen molar-refractivity contribution in [1.29, 1.82) is 0 Å². The molecule has 1 fully saturated rings. The summed E-state index contributed by atoms with van der Waals surface area (Å²) in [6, 6.07) is 0. The third kappa shape index (κ3) is 3.20. The third-order valence-corrected chi connectivity index (χ3v) is 5.40. The van der Waals surface area contributed by atoms with E-state index in [4.69, 9.17) is 0 Å². The van der Waals surface area contributed by atoms with Crippen LogP contribution in [-0.2, 0) is 14.6 Å². The zero-order valence-corrected chi connectivity index (χ0v) is 11.5. The van der Waals surface area contributed by atoms with Gasteiger partial charge >= 0.3 is 5.97 Å². The second-order valence-electron chi connectivity index (χ2n) is 4.18. The number of sulfone groups is 1. The Bertz CT molecular complexity index is 538. The average molecular weight is 290 g/mol. The molecule has 1 aliphatic heterocycles. The van der Waals surface area contributed by atoms with Gasteiger partial charge in [0, 0.05) is 11.9 Å². The Balaban J connectivity index is 1.87. The molecule has 2 rings (SSSR count). The summed E-state index contributed by atoms with van der Waals surface area (Å²) in [6.45, 7) is 0.563. The quantitative estimate of drug-likeness (QED) is 0.825. The third-order valence-electron chi connectivity index (χ3n) is 2.77. The van der Waals surface area contributed by atoms with Crippen molar-refractivity contribution in [2.24, 2.45) is 5.92 Å². The standard InChI is InChI=1S/C10H14N2O4S2/c1-16-9(13)8-5-17-10(12-8)11-4-7-2-3-18(14,15)6-7/h5,7H,2-4,6H2,1H3,(H,11,12). The number of thiazole rings is 1. The molecule has 1 atom stereocenters. The van der Waals surface area contributed by atoms with Crippen LogP contribution in [0.4, 0.5) is 5.13 Å². The Morgan fingerprint density at radius 3 is 3.06 bits per heavy atom. The summed E-state index contributed by atoms with van der Waals surface area (Å²) < 4.78 is 27.1. The maximum absolute atomic E-state index is 11.3. The predicted molar refractivity (Wildman–Crippen MR) is 68.7 cm³/mol. The summed E-state index contributed by atoms with van der Waals surface area (Å²) in [6.07, 6.45) is 0.685. The van der Waals surface area contributed by atoms with Crippen molar-refractivity contribution in [2.75, 3.05) is 30.5 Å². The van der Waals surface area contributed by atoms with Gasteiger partial charge < -0.3 is 10.1 Å². The second-order valence-corrected chi connectivity index (χ2v) is 7.27. The Labute approximate surface area is 109 Å². The molecule has 8 heteroatoms. The molecular weight excluding hydrogens is 276 g/mol. The van der Waals surface area contributed by atoms with E-state index in [1.165, 1.54) is 18.4 Å². The normalized spacial score (nSPS) is 21.7. The van der Waals surface area contributed by atoms with Crippen molar-refractivity contribution in [2.45, 2.75) is 6.42 Å². The van der Waals surface area contributed by atoms with E-state index in [9.17, 15) is 13.2 Å². The molecule has 2 heterocycles. The average Bonchev–Trinajstić information content (AvgIpc) is 2.92. The molecule has 0 aromatic carbocycles. The lowest BCUT2D eigenvalue weighted by molar-refractivity contribution is 0.0595. The summed E-state index contributed by atoms with van der Waals surface area (Å²) >= 11 is 1.30. The molecule has 1 aliphatic rings. The second kappa shape index (κ2) is 5.23. The minimum atomic E-state index is -2.84. The van der Waals surface area contributed by atoms with E-state index < -0.39 is 15.8 Å². The Morgan fingerprint density at radius 2 is 2.44 bits per heavy atom. The fourth-order valence-corrected chi connectivity index (χ4v) is 4.37. The number of anilines is 1. The van der Waals surface area contributed by atoms with Gasteiger partial charge in [-0.3, -0.25) is 0 Å². The van der Waals surface area contributed by atoms with Crippen LogP contribution in [0.25, 0.3) is 0 Å². The molecule has 0 spiro atoms. The van der Waals surface area contributed by atoms with Crippen LogP contribution in [0, 0.1) is 5.92 Å². The Hall–Kier alpha value is -1.15. The molecule has 0 saturated carbocycles. The SMILES string of the molecule is COC(=O)c1csc(NCC2CCS(=O)(=O)C2)n1. The van der Waals surface area contributed by atoms with Crippen molar-refractivity contribution in [3.05, 3.63) is 11.1 Å². The van der Waals surface area contributed by atoms with Gasteiger partial charge in [-0.15, -0.1) is 11.3 Å². The van der Waals surface area contributed by atoms with Crippen molar-refractivity contribution < 1.29 is 17.9 Å². The van der Waals surface area contributed by atoms with E-state index in [0.717, 1.165) is 0 Å². The van der Waals surface area contributed by atoms with Gasteiger partial charge in [0.2, 0.25) is 0 Å². The van der Waals surface area contributed by atoms with Gasteiger partial charge in [0.15, 0.2) is 20.7 Å². The number of aromatic nitrogens is 1. The van der Waals surface area contributed by atoms with Gasteiger partial charge in [-0.25, -0.2) is 18.2 Å². The van der Waals surface area contributed by atoms with Gasteiger partial charge in [-0.2, -0.15) is 0 Å². The number of esters is 1. The topological polar surface area (TPSA) is 85.4 Å². The number of carbonyl (C=O) groups excluding carboxylic acids is 1. The lowest BCUT2D eigenvalue weighted by atomic mass is 10.1. The smallest absolute Gasteiger partial charge is 0.357 e. The maximum Gasteiger partial charge on any atom is 0.357 e. The van der Waals surface area contributed by atoms with Gasteiger partial charge in [-0.05, 0) is 12.3 Å². The number of methoxy groups -OCH3 is 1. The molecular formula is C10H14N2O4S2. The van der Waals surface area contributed by atoms with E-state index in [0.29, 0.717) is 18.1 Å². The van der Waals surface area contributed by atoms with Gasteiger partial charge in [-0.1, -0.05) is 0 Å². The number of ether oxygens (including phenoxy) is 1. The summed E-state index contributed by atoms with van der Waals surface area (Å²) in [4.78, 5) is 15.2. The maximum atomic E-state index is 11.3. The van der Waals surface area contributed by atoms with Crippen molar-refractivity contribution in [3.63, 3.8) is 0 Å². The highest BCUT2D eigenvalue weighted by Gasteiger charge is 2.27. The predicted octanol–water partition coefficient (Wildman–Crippen LogP) is 0.776. The number of nitrogens with one attached hydrogen (secondary N) is 1. The first-order chi connectivity index (χ1) is 8.50. The number of rotatable bonds is 4. The molecule has 100 valence electrons. The number of carbonyl (C=O) groups is 1. The molecule has 0 amide bonds. The van der Waals surface area contributed by atoms with Crippen LogP contribution < -0.4 is 5.32 Å². The first-order valence-electron chi connectivity index (χ1n) is 5.48. The van der Waals surface area contributed by atoms with Crippen molar-refractivity contribution in [1.82, 2.24) is 4.98 Å². The van der Waals surface area contributed by atoms with Crippen LogP contribution in [0.1, 0.15) is 16.9 Å². The number of nitrogens with zero attached hydrogens (tertiary/aromatic N) is 1. The first kappa shape index (κ1) is 13.3. The van der Waals surface area contributed by atoms with E-state index in [2.05, 4.69) is 15.0 Å². The molecule has 0 bridgehead atoms. The summed E-state index contributed by atoms with van der Waals surface area (Å²) in [5.41, 5.74) is 0.268. The van der Waals surface area contributed by atoms with E-state index >= 15 is 0 Å². The molecule has 0 radical (unpaired) electrons. The highest BCUT2D eigenvalue weighted by atomic mass is 32.2. The number of hydrogen-bond donors (Lipinski definition) is 1. The van der Waals surface area contributed by atoms with Gasteiger partial charge in [0.25, 0.3) is 0 Å². The molecule has 1 saturated heterocycles. The van der Waals surface area contributed by atoms with Crippen LogP contribution in [0.5, 0.6) is 0 Å². The largest absolute Gasteiger partial charge is 0.464 e. The van der Waals surface area contributed by atoms with Crippen molar-refractivity contribution >= 4 is 32.3 Å². The molecule has 18 heavy (non-hydrogen) atoms. The minimum Gasteiger partial charge on any atom is -0.464 e. The van der Waals surface area contributed by atoms with Gasteiger partial charge in [0.05, 0.1) is 18.6 Å². The van der Waals surface area contributed by atoms with Gasteiger partial charge in [0.1, 0.15) is 0 Å². The highest BCUT2D eigenvalue weighted by Crippen LogP contribution is 2.21. The van der Waals surface area contributed by atoms with Crippen LogP contribution >= 0.6 is 11.3 Å². The summed E-state index contributed by atoms with van der Waals surface area (Å²) in [7, 11) is -1.54. The molecule has 1 aromatic rings. The van der Waals surface area contributed by atoms with Crippen LogP contribution in [-0.4, -0.2) is 44.5 Å². The summed E-state index contributed by atoms with van der Waals surface area (Å²) in [5.74, 6) is 0.156. The lowest BCUT2D eigenvalue weighted by Gasteiger charge is -2.07. The molecule has 6 nitrogen and oxygen atoms in total. The highest BCUT2D eigenvalue weighted by molar-refractivity contribution is 7.91. The van der Waals surface area contributed by atoms with E-state index in [1.807, 2.05) is 0 Å². The lowest BCUT2D eigenvalue weighted by Crippen LogP contribution is -2.15. The Kier molecular flexibility index (Phi) is 3.86. The van der Waals surface area contributed by atoms with Crippen LogP contribution in [0.2, 0.25) is 0 Å². The minimum absolute atomic E-state index is 0.125. The molecule has 1 unspecified atom stereocenters. The molecule has 1 aromatic heterocycles. The monoisotopic (exact) mass is 290 g/mol. The van der Waals surface area contributed by atoms with Crippen molar-refractivity contribution in [3.8, 4) is 0 Å². The Morgan fingerprint density at radius 1 is 1.67 bits per heavy atom.